The van der Waals surface area contributed by atoms with Gasteiger partial charge in [0, 0.05) is 28.0 Å². The Morgan fingerprint density at radius 2 is 2.13 bits per heavy atom. The van der Waals surface area contributed by atoms with Crippen LogP contribution in [0, 0.1) is 12.8 Å². The molecule has 2 aromatic rings. The molecule has 1 atom stereocenters. The van der Waals surface area contributed by atoms with Gasteiger partial charge in [0.15, 0.2) is 5.76 Å². The fraction of sp³-hybridized carbons (Fsp3) is 0.412. The topological polar surface area (TPSA) is 70.8 Å². The molecule has 1 fully saturated rings. The summed E-state index contributed by atoms with van der Waals surface area (Å²) in [6, 6.07) is 5.74. The second-order valence-corrected chi connectivity index (χ2v) is 7.04. The summed E-state index contributed by atoms with van der Waals surface area (Å²) in [6.45, 7) is 3.68. The Balaban J connectivity index is 1.94. The lowest BCUT2D eigenvalue weighted by Gasteiger charge is -2.23. The van der Waals surface area contributed by atoms with E-state index in [1.165, 1.54) is 0 Å². The summed E-state index contributed by atoms with van der Waals surface area (Å²) in [4.78, 5) is 25.7. The highest BCUT2D eigenvalue weighted by Crippen LogP contribution is 2.33. The van der Waals surface area contributed by atoms with Gasteiger partial charge in [0.2, 0.25) is 0 Å². The van der Waals surface area contributed by atoms with Crippen LogP contribution in [-0.2, 0) is 4.79 Å². The van der Waals surface area contributed by atoms with Crippen molar-refractivity contribution in [2.24, 2.45) is 5.92 Å². The van der Waals surface area contributed by atoms with Crippen LogP contribution in [0.4, 0.5) is 0 Å². The summed E-state index contributed by atoms with van der Waals surface area (Å²) < 4.78 is 6.68. The second kappa shape index (κ2) is 6.00. The van der Waals surface area contributed by atoms with Crippen molar-refractivity contribution in [2.75, 3.05) is 6.54 Å². The molecule has 0 spiro atoms. The molecule has 1 heterocycles. The van der Waals surface area contributed by atoms with Crippen LogP contribution >= 0.6 is 15.9 Å². The first kappa shape index (κ1) is 16.1. The summed E-state index contributed by atoms with van der Waals surface area (Å²) in [5, 5.41) is 10.0. The maximum Gasteiger partial charge on any atom is 0.308 e. The van der Waals surface area contributed by atoms with Crippen LogP contribution in [0.25, 0.3) is 11.0 Å². The average molecular weight is 380 g/mol. The highest BCUT2D eigenvalue weighted by molar-refractivity contribution is 9.10. The number of hydrogen-bond acceptors (Lipinski definition) is 3. The zero-order valence-corrected chi connectivity index (χ0v) is 14.6. The molecule has 0 aliphatic heterocycles. The number of aliphatic carboxylic acids is 1. The van der Waals surface area contributed by atoms with Crippen LogP contribution in [-0.4, -0.2) is 34.5 Å². The smallest absolute Gasteiger partial charge is 0.308 e. The lowest BCUT2D eigenvalue weighted by molar-refractivity contribution is -0.141. The minimum absolute atomic E-state index is 0.128. The predicted octanol–water partition coefficient (Wildman–Crippen LogP) is 3.83. The van der Waals surface area contributed by atoms with Crippen LogP contribution in [0.5, 0.6) is 0 Å². The van der Waals surface area contributed by atoms with Crippen molar-refractivity contribution in [2.45, 2.75) is 32.7 Å². The van der Waals surface area contributed by atoms with Gasteiger partial charge in [-0.2, -0.15) is 0 Å². The van der Waals surface area contributed by atoms with Crippen LogP contribution < -0.4 is 0 Å². The number of aryl methyl sites for hydroxylation is 1. The van der Waals surface area contributed by atoms with Gasteiger partial charge < -0.3 is 14.4 Å². The van der Waals surface area contributed by atoms with Gasteiger partial charge in [-0.05, 0) is 38.0 Å². The lowest BCUT2D eigenvalue weighted by Crippen LogP contribution is -2.38. The van der Waals surface area contributed by atoms with E-state index in [0.29, 0.717) is 11.3 Å². The molecule has 1 aromatic carbocycles. The number of halogens is 1. The number of rotatable bonds is 5. The standard InChI is InChI=1S/C17H18BrNO4/c1-9(17(21)22)8-19(12-4-5-12)16(20)15-10(2)13-7-11(18)3-6-14(13)23-15/h3,6-7,9,12H,4-5,8H2,1-2H3,(H,21,22). The predicted molar refractivity (Wildman–Crippen MR) is 89.5 cm³/mol. The highest BCUT2D eigenvalue weighted by Gasteiger charge is 2.37. The Labute approximate surface area is 142 Å². The molecule has 1 saturated carbocycles. The molecule has 122 valence electrons. The Morgan fingerprint density at radius 3 is 2.74 bits per heavy atom. The van der Waals surface area contributed by atoms with Crippen LogP contribution in [0.15, 0.2) is 27.1 Å². The van der Waals surface area contributed by atoms with E-state index in [1.807, 2.05) is 25.1 Å². The zero-order chi connectivity index (χ0) is 16.7. The van der Waals surface area contributed by atoms with E-state index >= 15 is 0 Å². The van der Waals surface area contributed by atoms with E-state index in [1.54, 1.807) is 11.8 Å². The maximum absolute atomic E-state index is 12.9. The van der Waals surface area contributed by atoms with Crippen molar-refractivity contribution >= 4 is 38.8 Å². The van der Waals surface area contributed by atoms with Crippen LogP contribution in [0.3, 0.4) is 0 Å². The van der Waals surface area contributed by atoms with Gasteiger partial charge in [-0.25, -0.2) is 0 Å². The Bertz CT molecular complexity index is 778. The number of carbonyl (C=O) groups excluding carboxylic acids is 1. The molecule has 6 heteroatoms. The summed E-state index contributed by atoms with van der Waals surface area (Å²) in [7, 11) is 0. The SMILES string of the molecule is Cc1c(C(=O)N(CC(C)C(=O)O)C2CC2)oc2ccc(Br)cc12. The third-order valence-electron chi connectivity index (χ3n) is 4.23. The quantitative estimate of drug-likeness (QED) is 0.856. The zero-order valence-electron chi connectivity index (χ0n) is 13.0. The molecular weight excluding hydrogens is 362 g/mol. The lowest BCUT2D eigenvalue weighted by atomic mass is 10.1. The molecule has 23 heavy (non-hydrogen) atoms. The number of carboxylic acid groups (broad SMARTS) is 1. The van der Waals surface area contributed by atoms with Gasteiger partial charge in [0.1, 0.15) is 5.58 Å². The first-order valence-electron chi connectivity index (χ1n) is 7.61. The van der Waals surface area contributed by atoms with E-state index in [2.05, 4.69) is 15.9 Å². The monoisotopic (exact) mass is 379 g/mol. The van der Waals surface area contributed by atoms with Crippen molar-refractivity contribution in [3.8, 4) is 0 Å². The van der Waals surface area contributed by atoms with Crippen molar-refractivity contribution in [3.63, 3.8) is 0 Å². The van der Waals surface area contributed by atoms with Crippen molar-refractivity contribution < 1.29 is 19.1 Å². The molecule has 0 radical (unpaired) electrons. The van der Waals surface area contributed by atoms with Gasteiger partial charge in [0.05, 0.1) is 5.92 Å². The highest BCUT2D eigenvalue weighted by atomic mass is 79.9. The Morgan fingerprint density at radius 1 is 1.43 bits per heavy atom. The van der Waals surface area contributed by atoms with Crippen LogP contribution in [0.2, 0.25) is 0 Å². The van der Waals surface area contributed by atoms with Gasteiger partial charge in [-0.1, -0.05) is 22.9 Å². The molecule has 3 rings (SSSR count). The number of nitrogens with zero attached hydrogens (tertiary/aromatic N) is 1. The van der Waals surface area contributed by atoms with E-state index in [9.17, 15) is 9.59 Å². The molecular formula is C17H18BrNO4. The molecule has 1 N–H and O–H groups in total. The normalized spacial score (nSPS) is 15.6. The summed E-state index contributed by atoms with van der Waals surface area (Å²) >= 11 is 3.42. The molecule has 0 saturated heterocycles. The summed E-state index contributed by atoms with van der Waals surface area (Å²) in [5.41, 5.74) is 1.45. The van der Waals surface area contributed by atoms with Crippen molar-refractivity contribution in [1.82, 2.24) is 4.90 Å². The number of furan rings is 1. The fourth-order valence-corrected chi connectivity index (χ4v) is 3.05. The molecule has 1 amide bonds. The Kier molecular flexibility index (Phi) is 4.19. The second-order valence-electron chi connectivity index (χ2n) is 6.12. The molecule has 1 aliphatic carbocycles. The van der Waals surface area contributed by atoms with Gasteiger partial charge >= 0.3 is 5.97 Å². The fourth-order valence-electron chi connectivity index (χ4n) is 2.68. The Hall–Kier alpha value is -1.82. The van der Waals surface area contributed by atoms with E-state index in [4.69, 9.17) is 9.52 Å². The van der Waals surface area contributed by atoms with Gasteiger partial charge in [-0.15, -0.1) is 0 Å². The molecule has 1 aromatic heterocycles. The minimum Gasteiger partial charge on any atom is -0.481 e. The number of benzene rings is 1. The van der Waals surface area contributed by atoms with Crippen molar-refractivity contribution in [1.29, 1.82) is 0 Å². The number of fused-ring (bicyclic) bond motifs is 1. The maximum atomic E-state index is 12.9. The van der Waals surface area contributed by atoms with Gasteiger partial charge in [0.25, 0.3) is 5.91 Å². The third kappa shape index (κ3) is 3.13. The molecule has 1 aliphatic rings. The number of amides is 1. The molecule has 1 unspecified atom stereocenters. The average Bonchev–Trinajstić information content (AvgIpc) is 3.29. The van der Waals surface area contributed by atoms with E-state index in [-0.39, 0.29) is 18.5 Å². The van der Waals surface area contributed by atoms with E-state index in [0.717, 1.165) is 28.3 Å². The van der Waals surface area contributed by atoms with Crippen molar-refractivity contribution in [3.05, 3.63) is 34.0 Å². The minimum atomic E-state index is -0.895. The first-order chi connectivity index (χ1) is 10.9. The molecule has 5 nitrogen and oxygen atoms in total. The summed E-state index contributed by atoms with van der Waals surface area (Å²) in [5.74, 6) is -1.40. The molecule has 0 bridgehead atoms. The number of carbonyl (C=O) groups is 2. The number of hydrogen-bond donors (Lipinski definition) is 1. The first-order valence-corrected chi connectivity index (χ1v) is 8.40. The largest absolute Gasteiger partial charge is 0.481 e. The van der Waals surface area contributed by atoms with Crippen LogP contribution in [0.1, 0.15) is 35.9 Å². The third-order valence-corrected chi connectivity index (χ3v) is 4.73. The van der Waals surface area contributed by atoms with Gasteiger partial charge in [-0.3, -0.25) is 9.59 Å². The summed E-state index contributed by atoms with van der Waals surface area (Å²) in [6.07, 6.45) is 1.84. The van der Waals surface area contributed by atoms with E-state index < -0.39 is 11.9 Å². The number of carboxylic acids is 1.